The van der Waals surface area contributed by atoms with E-state index in [4.69, 9.17) is 0 Å². The molecule has 0 aromatic heterocycles. The molecule has 3 heteroatoms. The first-order chi connectivity index (χ1) is 9.54. The first kappa shape index (κ1) is 15.9. The summed E-state index contributed by atoms with van der Waals surface area (Å²) in [7, 11) is 0. The van der Waals surface area contributed by atoms with Gasteiger partial charge in [-0.25, -0.2) is 0 Å². The molecule has 0 bridgehead atoms. The van der Waals surface area contributed by atoms with Gasteiger partial charge in [-0.2, -0.15) is 13.2 Å². The van der Waals surface area contributed by atoms with Crippen molar-refractivity contribution in [3.05, 3.63) is 47.5 Å². The van der Waals surface area contributed by atoms with Gasteiger partial charge in [-0.05, 0) is 42.8 Å². The third-order valence-electron chi connectivity index (χ3n) is 2.44. The van der Waals surface area contributed by atoms with E-state index in [9.17, 15) is 13.2 Å². The zero-order valence-electron chi connectivity index (χ0n) is 11.2. The monoisotopic (exact) mass is 276 g/mol. The van der Waals surface area contributed by atoms with E-state index in [1.807, 2.05) is 0 Å². The van der Waals surface area contributed by atoms with Crippen molar-refractivity contribution < 1.29 is 13.2 Å². The van der Waals surface area contributed by atoms with Crippen LogP contribution in [0.1, 0.15) is 37.3 Å². The highest BCUT2D eigenvalue weighted by atomic mass is 19.4. The zero-order valence-corrected chi connectivity index (χ0v) is 11.2. The van der Waals surface area contributed by atoms with Gasteiger partial charge in [-0.3, -0.25) is 0 Å². The molecule has 1 aromatic carbocycles. The Hall–Kier alpha value is -2.13. The molecule has 0 nitrogen and oxygen atoms in total. The van der Waals surface area contributed by atoms with Crippen LogP contribution in [0.15, 0.2) is 36.4 Å². The second kappa shape index (κ2) is 8.12. The molecule has 104 valence electrons. The molecule has 0 spiro atoms. The average molecular weight is 276 g/mol. The van der Waals surface area contributed by atoms with Gasteiger partial charge in [0.05, 0.1) is 5.56 Å². The van der Waals surface area contributed by atoms with Crippen LogP contribution in [0.4, 0.5) is 13.2 Å². The third-order valence-corrected chi connectivity index (χ3v) is 2.44. The molecule has 0 amide bonds. The third kappa shape index (κ3) is 6.16. The highest BCUT2D eigenvalue weighted by molar-refractivity contribution is 5.39. The summed E-state index contributed by atoms with van der Waals surface area (Å²) in [6.45, 7) is 2.10. The van der Waals surface area contributed by atoms with Crippen LogP contribution in [-0.4, -0.2) is 0 Å². The molecule has 0 saturated carbocycles. The number of rotatable bonds is 2. The average Bonchev–Trinajstić information content (AvgIpc) is 2.41. The standard InChI is InChI=1S/C17H15F3/c1-2-3-4-5-6-7-8-9-10-15-11-13-16(14-12-15)17(18,19)20/h7-8,11-14H,2-4H2,1H3/b8-7-. The van der Waals surface area contributed by atoms with E-state index >= 15 is 0 Å². The molecule has 0 saturated heterocycles. The Labute approximate surface area is 117 Å². The van der Waals surface area contributed by atoms with Gasteiger partial charge in [0.25, 0.3) is 0 Å². The molecule has 0 aliphatic carbocycles. The van der Waals surface area contributed by atoms with Crippen molar-refractivity contribution in [2.24, 2.45) is 0 Å². The Morgan fingerprint density at radius 1 is 1.05 bits per heavy atom. The number of unbranched alkanes of at least 4 members (excludes halogenated alkanes) is 2. The molecule has 0 atom stereocenters. The maximum Gasteiger partial charge on any atom is 0.416 e. The second-order valence-corrected chi connectivity index (χ2v) is 4.10. The fourth-order valence-electron chi connectivity index (χ4n) is 1.35. The van der Waals surface area contributed by atoms with Gasteiger partial charge in [0.1, 0.15) is 0 Å². The first-order valence-corrected chi connectivity index (χ1v) is 6.36. The minimum atomic E-state index is -4.31. The van der Waals surface area contributed by atoms with E-state index < -0.39 is 11.7 Å². The van der Waals surface area contributed by atoms with E-state index in [0.717, 1.165) is 31.4 Å². The van der Waals surface area contributed by atoms with Crippen molar-refractivity contribution in [1.82, 2.24) is 0 Å². The molecule has 0 fully saturated rings. The first-order valence-electron chi connectivity index (χ1n) is 6.36. The zero-order chi connectivity index (χ0) is 14.8. The Morgan fingerprint density at radius 2 is 1.70 bits per heavy atom. The minimum absolute atomic E-state index is 0.543. The van der Waals surface area contributed by atoms with Crippen LogP contribution in [0.3, 0.4) is 0 Å². The number of hydrogen-bond acceptors (Lipinski definition) is 0. The van der Waals surface area contributed by atoms with Gasteiger partial charge >= 0.3 is 6.18 Å². The van der Waals surface area contributed by atoms with Gasteiger partial charge in [0, 0.05) is 12.0 Å². The van der Waals surface area contributed by atoms with Crippen LogP contribution in [-0.2, 0) is 6.18 Å². The Kier molecular flexibility index (Phi) is 6.47. The SMILES string of the molecule is CCCCC#C/C=C\C#Cc1ccc(C(F)(F)F)cc1. The Bertz CT molecular complexity index is 555. The van der Waals surface area contributed by atoms with Crippen LogP contribution < -0.4 is 0 Å². The number of hydrogen-bond donors (Lipinski definition) is 0. The molecule has 20 heavy (non-hydrogen) atoms. The van der Waals surface area contributed by atoms with Crippen LogP contribution in [0, 0.1) is 23.7 Å². The van der Waals surface area contributed by atoms with Crippen LogP contribution in [0.5, 0.6) is 0 Å². The molecule has 0 aliphatic rings. The summed E-state index contributed by atoms with van der Waals surface area (Å²) < 4.78 is 37.0. The van der Waals surface area contributed by atoms with Crippen molar-refractivity contribution in [2.45, 2.75) is 32.4 Å². The molecule has 0 radical (unpaired) electrons. The van der Waals surface area contributed by atoms with Gasteiger partial charge in [-0.1, -0.05) is 37.0 Å². The van der Waals surface area contributed by atoms with Crippen LogP contribution in [0.2, 0.25) is 0 Å². The van der Waals surface area contributed by atoms with E-state index in [1.165, 1.54) is 12.1 Å². The quantitative estimate of drug-likeness (QED) is 0.537. The Morgan fingerprint density at radius 3 is 2.30 bits per heavy atom. The molecule has 1 rings (SSSR count). The molecule has 0 N–H and O–H groups in total. The molecule has 1 aromatic rings. The summed E-state index contributed by atoms with van der Waals surface area (Å²) in [5.41, 5.74) is -0.123. The van der Waals surface area contributed by atoms with E-state index in [1.54, 1.807) is 12.2 Å². The van der Waals surface area contributed by atoms with Gasteiger partial charge in [0.15, 0.2) is 0 Å². The van der Waals surface area contributed by atoms with Crippen molar-refractivity contribution in [3.63, 3.8) is 0 Å². The lowest BCUT2D eigenvalue weighted by Crippen LogP contribution is -2.03. The maximum atomic E-state index is 12.3. The predicted octanol–water partition coefficient (Wildman–Crippen LogP) is 4.81. The highest BCUT2D eigenvalue weighted by Crippen LogP contribution is 2.28. The van der Waals surface area contributed by atoms with Crippen molar-refractivity contribution in [3.8, 4) is 23.7 Å². The van der Waals surface area contributed by atoms with E-state index in [-0.39, 0.29) is 0 Å². The lowest BCUT2D eigenvalue weighted by Gasteiger charge is -2.05. The predicted molar refractivity (Wildman–Crippen MR) is 74.8 cm³/mol. The molecule has 0 heterocycles. The fourth-order valence-corrected chi connectivity index (χ4v) is 1.35. The normalized spacial score (nSPS) is 10.6. The summed E-state index contributed by atoms with van der Waals surface area (Å²) >= 11 is 0. The molecular weight excluding hydrogens is 261 g/mol. The summed E-state index contributed by atoms with van der Waals surface area (Å²) in [5, 5.41) is 0. The highest BCUT2D eigenvalue weighted by Gasteiger charge is 2.29. The smallest absolute Gasteiger partial charge is 0.166 e. The van der Waals surface area contributed by atoms with Crippen LogP contribution in [0.25, 0.3) is 0 Å². The van der Waals surface area contributed by atoms with Crippen molar-refractivity contribution >= 4 is 0 Å². The lowest BCUT2D eigenvalue weighted by atomic mass is 10.1. The van der Waals surface area contributed by atoms with Crippen molar-refractivity contribution in [2.75, 3.05) is 0 Å². The molecule has 0 unspecified atom stereocenters. The van der Waals surface area contributed by atoms with Gasteiger partial charge in [0.2, 0.25) is 0 Å². The Balaban J connectivity index is 2.55. The second-order valence-electron chi connectivity index (χ2n) is 4.10. The topological polar surface area (TPSA) is 0 Å². The lowest BCUT2D eigenvalue weighted by molar-refractivity contribution is -0.137. The molecule has 0 aliphatic heterocycles. The number of benzene rings is 1. The number of alkyl halides is 3. The maximum absolute atomic E-state index is 12.3. The van der Waals surface area contributed by atoms with E-state index in [0.29, 0.717) is 5.56 Å². The number of allylic oxidation sites excluding steroid dienone is 2. The van der Waals surface area contributed by atoms with E-state index in [2.05, 4.69) is 30.6 Å². The van der Waals surface area contributed by atoms with Gasteiger partial charge in [-0.15, -0.1) is 0 Å². The van der Waals surface area contributed by atoms with Crippen molar-refractivity contribution in [1.29, 1.82) is 0 Å². The number of halogens is 3. The molecular formula is C17H15F3. The van der Waals surface area contributed by atoms with Gasteiger partial charge < -0.3 is 0 Å². The summed E-state index contributed by atoms with van der Waals surface area (Å²) in [6, 6.07) is 4.77. The largest absolute Gasteiger partial charge is 0.416 e. The summed E-state index contributed by atoms with van der Waals surface area (Å²) in [6.07, 6.45) is 2.00. The summed E-state index contributed by atoms with van der Waals surface area (Å²) in [4.78, 5) is 0. The fraction of sp³-hybridized carbons (Fsp3) is 0.294. The minimum Gasteiger partial charge on any atom is -0.166 e. The van der Waals surface area contributed by atoms with Crippen LogP contribution >= 0.6 is 0 Å². The summed E-state index contributed by atoms with van der Waals surface area (Å²) in [5.74, 6) is 11.3.